The van der Waals surface area contributed by atoms with Gasteiger partial charge in [-0.15, -0.1) is 24.0 Å². The Bertz CT molecular complexity index is 694. The van der Waals surface area contributed by atoms with Crippen molar-refractivity contribution in [1.29, 1.82) is 0 Å². The van der Waals surface area contributed by atoms with Crippen molar-refractivity contribution < 1.29 is 13.3 Å². The molecule has 2 rings (SSSR count). The summed E-state index contributed by atoms with van der Waals surface area (Å²) in [4.78, 5) is 16.1. The van der Waals surface area contributed by atoms with E-state index in [0.717, 1.165) is 25.1 Å². The summed E-state index contributed by atoms with van der Waals surface area (Å²) in [5.41, 5.74) is -0.261. The Morgan fingerprint density at radius 1 is 1.39 bits per heavy atom. The molecule has 0 aliphatic carbocycles. The van der Waals surface area contributed by atoms with E-state index in [1.807, 2.05) is 11.9 Å². The van der Waals surface area contributed by atoms with Crippen molar-refractivity contribution in [3.8, 4) is 0 Å². The van der Waals surface area contributed by atoms with Crippen molar-refractivity contribution in [3.05, 3.63) is 34.4 Å². The molecule has 0 bridgehead atoms. The Morgan fingerprint density at radius 3 is 2.74 bits per heavy atom. The Morgan fingerprint density at radius 2 is 2.13 bits per heavy atom. The van der Waals surface area contributed by atoms with E-state index < -0.39 is 14.9 Å². The van der Waals surface area contributed by atoms with Gasteiger partial charge in [-0.25, -0.2) is 13.1 Å². The number of hydrogen-bond acceptors (Lipinski definition) is 7. The average Bonchev–Trinajstić information content (AvgIpc) is 2.89. The summed E-state index contributed by atoms with van der Waals surface area (Å²) >= 11 is 0. The molecule has 1 aromatic carbocycles. The molecule has 0 amide bonds. The number of hydrogen-bond donors (Lipinski definition) is 2. The zero-order valence-corrected chi connectivity index (χ0v) is 15.6. The van der Waals surface area contributed by atoms with Crippen LogP contribution in [-0.2, 0) is 10.0 Å². The molecule has 1 heterocycles. The third-order valence-electron chi connectivity index (χ3n) is 3.10. The number of aliphatic imine (C=N–C) groups is 1. The molecule has 0 radical (unpaired) electrons. The molecule has 0 unspecified atom stereocenters. The molecule has 1 aliphatic heterocycles. The Hall–Kier alpha value is -1.47. The number of guanidine groups is 1. The summed E-state index contributed by atoms with van der Waals surface area (Å²) in [7, 11) is -1.88. The predicted octanol–water partition coefficient (Wildman–Crippen LogP) is 0.382. The lowest BCUT2D eigenvalue weighted by molar-refractivity contribution is -0.385. The first-order valence-electron chi connectivity index (χ1n) is 6.64. The van der Waals surface area contributed by atoms with Gasteiger partial charge in [-0.2, -0.15) is 0 Å². The molecule has 0 saturated carbocycles. The second kappa shape index (κ2) is 8.40. The predicted molar refractivity (Wildman–Crippen MR) is 96.6 cm³/mol. The number of benzene rings is 1. The second-order valence-electron chi connectivity index (χ2n) is 4.71. The molecule has 23 heavy (non-hydrogen) atoms. The fourth-order valence-corrected chi connectivity index (χ4v) is 3.00. The zero-order chi connectivity index (χ0) is 16.2. The third kappa shape index (κ3) is 5.28. The third-order valence-corrected chi connectivity index (χ3v) is 4.56. The van der Waals surface area contributed by atoms with Crippen LogP contribution in [0.4, 0.5) is 5.69 Å². The minimum absolute atomic E-state index is 0. The van der Waals surface area contributed by atoms with Gasteiger partial charge in [0.15, 0.2) is 5.96 Å². The van der Waals surface area contributed by atoms with Crippen LogP contribution < -0.4 is 10.0 Å². The molecule has 128 valence electrons. The molecule has 0 atom stereocenters. The number of sulfonamides is 1. The van der Waals surface area contributed by atoms with Crippen LogP contribution in [0.2, 0.25) is 0 Å². The molecule has 2 N–H and O–H groups in total. The van der Waals surface area contributed by atoms with Crippen molar-refractivity contribution in [1.82, 2.24) is 14.9 Å². The van der Waals surface area contributed by atoms with Gasteiger partial charge in [-0.1, -0.05) is 6.07 Å². The number of halogens is 1. The van der Waals surface area contributed by atoms with Gasteiger partial charge in [0.25, 0.3) is 5.69 Å². The van der Waals surface area contributed by atoms with Crippen molar-refractivity contribution >= 4 is 45.6 Å². The van der Waals surface area contributed by atoms with Gasteiger partial charge in [-0.3, -0.25) is 15.1 Å². The number of likely N-dealkylation sites (N-methyl/N-ethyl adjacent to an activating group) is 1. The van der Waals surface area contributed by atoms with Crippen LogP contribution in [0.5, 0.6) is 0 Å². The lowest BCUT2D eigenvalue weighted by atomic mass is 10.3. The monoisotopic (exact) mass is 455 g/mol. The van der Waals surface area contributed by atoms with Gasteiger partial charge in [0.1, 0.15) is 0 Å². The standard InChI is InChI=1S/C12H17N5O4S.HI/c1-16-8-7-14-12(16)13-5-6-15-22(20,21)11-4-2-3-10(9-11)17(18)19;/h2-4,9,15H,5-8H2,1H3,(H,13,14);1H. The SMILES string of the molecule is CN1CCN=C1NCCNS(=O)(=O)c1cccc([N+](=O)[O-])c1.I. The number of nitrogens with zero attached hydrogens (tertiary/aromatic N) is 3. The number of nitro groups is 1. The molecule has 0 fully saturated rings. The van der Waals surface area contributed by atoms with Crippen LogP contribution in [0.3, 0.4) is 0 Å². The Labute approximate surface area is 151 Å². The largest absolute Gasteiger partial charge is 0.355 e. The Balaban J connectivity index is 0.00000264. The number of nitrogens with one attached hydrogen (secondary N) is 2. The van der Waals surface area contributed by atoms with Crippen LogP contribution in [0.15, 0.2) is 34.2 Å². The van der Waals surface area contributed by atoms with Gasteiger partial charge >= 0.3 is 0 Å². The quantitative estimate of drug-likeness (QED) is 0.277. The van der Waals surface area contributed by atoms with Gasteiger partial charge in [-0.05, 0) is 6.07 Å². The minimum atomic E-state index is -3.77. The highest BCUT2D eigenvalue weighted by Gasteiger charge is 2.17. The zero-order valence-electron chi connectivity index (χ0n) is 12.4. The first-order valence-corrected chi connectivity index (χ1v) is 8.12. The fourth-order valence-electron chi connectivity index (χ4n) is 1.93. The van der Waals surface area contributed by atoms with E-state index in [4.69, 9.17) is 0 Å². The van der Waals surface area contributed by atoms with E-state index >= 15 is 0 Å². The molecule has 1 aliphatic rings. The van der Waals surface area contributed by atoms with Crippen molar-refractivity contribution in [3.63, 3.8) is 0 Å². The maximum atomic E-state index is 12.1. The van der Waals surface area contributed by atoms with Crippen molar-refractivity contribution in [2.24, 2.45) is 4.99 Å². The highest BCUT2D eigenvalue weighted by molar-refractivity contribution is 14.0. The van der Waals surface area contributed by atoms with Gasteiger partial charge in [0, 0.05) is 38.8 Å². The fraction of sp³-hybridized carbons (Fsp3) is 0.417. The van der Waals surface area contributed by atoms with Crippen LogP contribution in [0.25, 0.3) is 0 Å². The van der Waals surface area contributed by atoms with Crippen LogP contribution in [-0.4, -0.2) is 57.4 Å². The van der Waals surface area contributed by atoms with Gasteiger partial charge in [0.05, 0.1) is 16.4 Å². The first kappa shape index (κ1) is 19.6. The van der Waals surface area contributed by atoms with E-state index in [0.29, 0.717) is 6.54 Å². The van der Waals surface area contributed by atoms with Crippen LogP contribution in [0, 0.1) is 10.1 Å². The normalized spacial score (nSPS) is 14.1. The molecule has 0 saturated heterocycles. The molecule has 0 aromatic heterocycles. The lowest BCUT2D eigenvalue weighted by Crippen LogP contribution is -2.40. The number of rotatable bonds is 6. The van der Waals surface area contributed by atoms with E-state index in [1.54, 1.807) is 0 Å². The van der Waals surface area contributed by atoms with Crippen LogP contribution >= 0.6 is 24.0 Å². The average molecular weight is 455 g/mol. The highest BCUT2D eigenvalue weighted by atomic mass is 127. The van der Waals surface area contributed by atoms with Gasteiger partial charge in [0.2, 0.25) is 10.0 Å². The smallest absolute Gasteiger partial charge is 0.270 e. The lowest BCUT2D eigenvalue weighted by Gasteiger charge is -2.15. The second-order valence-corrected chi connectivity index (χ2v) is 6.47. The maximum Gasteiger partial charge on any atom is 0.270 e. The highest BCUT2D eigenvalue weighted by Crippen LogP contribution is 2.16. The molecule has 9 nitrogen and oxygen atoms in total. The Kier molecular flexibility index (Phi) is 7.15. The van der Waals surface area contributed by atoms with Gasteiger partial charge < -0.3 is 10.2 Å². The summed E-state index contributed by atoms with van der Waals surface area (Å²) in [6, 6.07) is 4.93. The van der Waals surface area contributed by atoms with E-state index in [9.17, 15) is 18.5 Å². The molecule has 0 spiro atoms. The summed E-state index contributed by atoms with van der Waals surface area (Å²) in [6.07, 6.45) is 0. The maximum absolute atomic E-state index is 12.1. The summed E-state index contributed by atoms with van der Waals surface area (Å²) in [6.45, 7) is 2.08. The molecule has 11 heteroatoms. The topological polar surface area (TPSA) is 117 Å². The number of non-ortho nitro benzene ring substituents is 1. The summed E-state index contributed by atoms with van der Waals surface area (Å²) < 4.78 is 26.5. The van der Waals surface area contributed by atoms with Crippen molar-refractivity contribution in [2.75, 3.05) is 33.2 Å². The summed E-state index contributed by atoms with van der Waals surface area (Å²) in [5.74, 6) is 0.731. The summed E-state index contributed by atoms with van der Waals surface area (Å²) in [5, 5.41) is 13.7. The molecular weight excluding hydrogens is 437 g/mol. The van der Waals surface area contributed by atoms with E-state index in [-0.39, 0.29) is 41.1 Å². The van der Waals surface area contributed by atoms with Crippen molar-refractivity contribution in [2.45, 2.75) is 4.90 Å². The number of nitro benzene ring substituents is 1. The van der Waals surface area contributed by atoms with E-state index in [2.05, 4.69) is 15.0 Å². The molecule has 1 aromatic rings. The molecular formula is C12H18IN5O4S. The van der Waals surface area contributed by atoms with Crippen LogP contribution in [0.1, 0.15) is 0 Å². The minimum Gasteiger partial charge on any atom is -0.355 e. The first-order chi connectivity index (χ1) is 10.4. The van der Waals surface area contributed by atoms with E-state index in [1.165, 1.54) is 18.2 Å².